The summed E-state index contributed by atoms with van der Waals surface area (Å²) in [6, 6.07) is 0.367. The van der Waals surface area contributed by atoms with Gasteiger partial charge in [0.2, 0.25) is 0 Å². The lowest BCUT2D eigenvalue weighted by atomic mass is 9.85. The number of nitrogens with zero attached hydrogens (tertiary/aromatic N) is 3. The summed E-state index contributed by atoms with van der Waals surface area (Å²) in [4.78, 5) is 24.6. The van der Waals surface area contributed by atoms with Crippen molar-refractivity contribution in [3.8, 4) is 0 Å². The second kappa shape index (κ2) is 6.04. The van der Waals surface area contributed by atoms with E-state index < -0.39 is 5.97 Å². The monoisotopic (exact) mass is 280 g/mol. The van der Waals surface area contributed by atoms with Gasteiger partial charge in [-0.2, -0.15) is 5.10 Å². The first-order valence-corrected chi connectivity index (χ1v) is 6.75. The molecule has 1 aliphatic carbocycles. The molecule has 7 heteroatoms. The van der Waals surface area contributed by atoms with Crippen molar-refractivity contribution in [1.82, 2.24) is 20.0 Å². The van der Waals surface area contributed by atoms with Crippen LogP contribution in [-0.4, -0.2) is 56.8 Å². The fraction of sp³-hybridized carbons (Fsp3) is 0.615. The zero-order chi connectivity index (χ0) is 14.7. The minimum absolute atomic E-state index is 0.0600. The number of hydrogen-bond donors (Lipinski definition) is 2. The summed E-state index contributed by atoms with van der Waals surface area (Å²) in [6.07, 6.45) is 4.81. The van der Waals surface area contributed by atoms with E-state index in [0.29, 0.717) is 12.1 Å². The molecule has 0 radical (unpaired) electrons. The molecule has 1 aliphatic rings. The molecule has 1 saturated carbocycles. The maximum atomic E-state index is 11.9. The molecule has 0 spiro atoms. The number of amides is 1. The quantitative estimate of drug-likeness (QED) is 0.771. The molecule has 1 amide bonds. The van der Waals surface area contributed by atoms with E-state index in [0.717, 1.165) is 12.8 Å². The number of aryl methyl sites for hydroxylation is 1. The van der Waals surface area contributed by atoms with Crippen molar-refractivity contribution in [2.24, 2.45) is 7.05 Å². The Morgan fingerprint density at radius 3 is 2.75 bits per heavy atom. The van der Waals surface area contributed by atoms with Gasteiger partial charge in [-0.3, -0.25) is 19.2 Å². The van der Waals surface area contributed by atoms with E-state index in [9.17, 15) is 9.59 Å². The molecule has 110 valence electrons. The third-order valence-corrected chi connectivity index (χ3v) is 3.68. The van der Waals surface area contributed by atoms with E-state index >= 15 is 0 Å². The molecule has 20 heavy (non-hydrogen) atoms. The number of nitrogens with one attached hydrogen (secondary N) is 1. The van der Waals surface area contributed by atoms with Gasteiger partial charge in [-0.1, -0.05) is 6.92 Å². The Bertz CT molecular complexity index is 494. The second-order valence-electron chi connectivity index (χ2n) is 5.16. The van der Waals surface area contributed by atoms with E-state index in [1.54, 1.807) is 17.9 Å². The molecule has 0 aliphatic heterocycles. The molecule has 1 aromatic rings. The Kier molecular flexibility index (Phi) is 4.39. The largest absolute Gasteiger partial charge is 0.480 e. The van der Waals surface area contributed by atoms with Gasteiger partial charge < -0.3 is 10.4 Å². The van der Waals surface area contributed by atoms with E-state index in [1.807, 2.05) is 11.8 Å². The number of aromatic nitrogens is 2. The predicted molar refractivity (Wildman–Crippen MR) is 72.4 cm³/mol. The maximum Gasteiger partial charge on any atom is 0.317 e. The smallest absolute Gasteiger partial charge is 0.317 e. The van der Waals surface area contributed by atoms with Crippen molar-refractivity contribution in [3.05, 3.63) is 18.0 Å². The van der Waals surface area contributed by atoms with Gasteiger partial charge in [-0.25, -0.2) is 0 Å². The topological polar surface area (TPSA) is 87.5 Å². The van der Waals surface area contributed by atoms with Crippen molar-refractivity contribution < 1.29 is 14.7 Å². The van der Waals surface area contributed by atoms with E-state index in [-0.39, 0.29) is 24.5 Å². The molecule has 2 rings (SSSR count). The summed E-state index contributed by atoms with van der Waals surface area (Å²) in [5.41, 5.74) is 0.550. The molecule has 0 saturated heterocycles. The van der Waals surface area contributed by atoms with Crippen molar-refractivity contribution in [2.75, 3.05) is 13.1 Å². The van der Waals surface area contributed by atoms with Gasteiger partial charge in [-0.05, 0) is 19.4 Å². The van der Waals surface area contributed by atoms with Crippen molar-refractivity contribution in [3.63, 3.8) is 0 Å². The Balaban J connectivity index is 1.78. The van der Waals surface area contributed by atoms with Crippen LogP contribution in [0.2, 0.25) is 0 Å². The van der Waals surface area contributed by atoms with Crippen molar-refractivity contribution >= 4 is 11.9 Å². The number of carbonyl (C=O) groups excluding carboxylic acids is 1. The van der Waals surface area contributed by atoms with E-state index in [1.165, 1.54) is 6.20 Å². The first kappa shape index (κ1) is 14.5. The summed E-state index contributed by atoms with van der Waals surface area (Å²) in [7, 11) is 1.77. The number of aliphatic carboxylic acids is 1. The van der Waals surface area contributed by atoms with Crippen LogP contribution < -0.4 is 5.32 Å². The van der Waals surface area contributed by atoms with Crippen LogP contribution in [-0.2, 0) is 11.8 Å². The highest BCUT2D eigenvalue weighted by atomic mass is 16.4. The number of likely N-dealkylation sites (N-methyl/N-ethyl adjacent to an activating group) is 1. The van der Waals surface area contributed by atoms with Gasteiger partial charge in [0, 0.05) is 25.3 Å². The molecule has 0 aromatic carbocycles. The van der Waals surface area contributed by atoms with Crippen LogP contribution in [0.4, 0.5) is 0 Å². The van der Waals surface area contributed by atoms with Crippen LogP contribution >= 0.6 is 0 Å². The Morgan fingerprint density at radius 1 is 1.55 bits per heavy atom. The SMILES string of the molecule is CCN(CC(=O)O)C1CC(NC(=O)c2cnn(C)c2)C1. The molecule has 0 atom stereocenters. The van der Waals surface area contributed by atoms with Gasteiger partial charge in [0.15, 0.2) is 0 Å². The van der Waals surface area contributed by atoms with E-state index in [4.69, 9.17) is 5.11 Å². The minimum Gasteiger partial charge on any atom is -0.480 e. The molecule has 1 heterocycles. The van der Waals surface area contributed by atoms with Crippen LogP contribution in [0.1, 0.15) is 30.1 Å². The maximum absolute atomic E-state index is 11.9. The fourth-order valence-electron chi connectivity index (χ4n) is 2.48. The lowest BCUT2D eigenvalue weighted by Gasteiger charge is -2.42. The van der Waals surface area contributed by atoms with Crippen molar-refractivity contribution in [2.45, 2.75) is 31.8 Å². The van der Waals surface area contributed by atoms with Crippen LogP contribution in [0.15, 0.2) is 12.4 Å². The van der Waals surface area contributed by atoms with Gasteiger partial charge in [-0.15, -0.1) is 0 Å². The molecule has 7 nitrogen and oxygen atoms in total. The third kappa shape index (κ3) is 3.36. The molecule has 0 bridgehead atoms. The van der Waals surface area contributed by atoms with Gasteiger partial charge >= 0.3 is 5.97 Å². The number of carbonyl (C=O) groups is 2. The number of carboxylic acids is 1. The number of carboxylic acid groups (broad SMARTS) is 1. The van der Waals surface area contributed by atoms with Crippen molar-refractivity contribution in [1.29, 1.82) is 0 Å². The Morgan fingerprint density at radius 2 is 2.25 bits per heavy atom. The highest BCUT2D eigenvalue weighted by Gasteiger charge is 2.34. The van der Waals surface area contributed by atoms with E-state index in [2.05, 4.69) is 10.4 Å². The summed E-state index contributed by atoms with van der Waals surface area (Å²) in [6.45, 7) is 2.72. The third-order valence-electron chi connectivity index (χ3n) is 3.68. The minimum atomic E-state index is -0.810. The summed E-state index contributed by atoms with van der Waals surface area (Å²) in [5, 5.41) is 15.7. The summed E-state index contributed by atoms with van der Waals surface area (Å²) in [5.74, 6) is -0.933. The number of hydrogen-bond acceptors (Lipinski definition) is 4. The second-order valence-corrected chi connectivity index (χ2v) is 5.16. The standard InChI is InChI=1S/C13H20N4O3/c1-3-17(8-12(18)19)11-4-10(5-11)15-13(20)9-6-14-16(2)7-9/h6-7,10-11H,3-5,8H2,1-2H3,(H,15,20)(H,18,19). The highest BCUT2D eigenvalue weighted by molar-refractivity contribution is 5.93. The fourth-order valence-corrected chi connectivity index (χ4v) is 2.48. The average molecular weight is 280 g/mol. The zero-order valence-corrected chi connectivity index (χ0v) is 11.7. The molecular formula is C13H20N4O3. The first-order valence-electron chi connectivity index (χ1n) is 6.75. The lowest BCUT2D eigenvalue weighted by Crippen LogP contribution is -2.54. The molecule has 2 N–H and O–H groups in total. The molecule has 0 unspecified atom stereocenters. The zero-order valence-electron chi connectivity index (χ0n) is 11.7. The highest BCUT2D eigenvalue weighted by Crippen LogP contribution is 2.25. The van der Waals surface area contributed by atoms with Gasteiger partial charge in [0.05, 0.1) is 18.3 Å². The van der Waals surface area contributed by atoms with Gasteiger partial charge in [0.25, 0.3) is 5.91 Å². The normalized spacial score (nSPS) is 21.6. The van der Waals surface area contributed by atoms with Crippen LogP contribution in [0.25, 0.3) is 0 Å². The first-order chi connectivity index (χ1) is 9.49. The lowest BCUT2D eigenvalue weighted by molar-refractivity contribution is -0.139. The van der Waals surface area contributed by atoms with Crippen LogP contribution in [0, 0.1) is 0 Å². The Hall–Kier alpha value is -1.89. The van der Waals surface area contributed by atoms with Crippen LogP contribution in [0.3, 0.4) is 0 Å². The Labute approximate surface area is 117 Å². The molecule has 1 fully saturated rings. The van der Waals surface area contributed by atoms with Crippen LogP contribution in [0.5, 0.6) is 0 Å². The molecule has 1 aromatic heterocycles. The number of rotatable bonds is 6. The average Bonchev–Trinajstić information content (AvgIpc) is 2.77. The molecular weight excluding hydrogens is 260 g/mol. The summed E-state index contributed by atoms with van der Waals surface area (Å²) >= 11 is 0. The van der Waals surface area contributed by atoms with Gasteiger partial charge in [0.1, 0.15) is 0 Å². The summed E-state index contributed by atoms with van der Waals surface area (Å²) < 4.78 is 1.59. The predicted octanol–water partition coefficient (Wildman–Crippen LogP) is 0.0874.